The summed E-state index contributed by atoms with van der Waals surface area (Å²) in [6, 6.07) is 9.55. The molecular weight excluding hydrogens is 319 g/mol. The van der Waals surface area contributed by atoms with Crippen LogP contribution in [0, 0.1) is 17.8 Å². The first kappa shape index (κ1) is 19.6. The molecule has 0 atom stereocenters. The van der Waals surface area contributed by atoms with Crippen LogP contribution in [-0.2, 0) is 6.42 Å². The summed E-state index contributed by atoms with van der Waals surface area (Å²) in [4.78, 5) is 0. The molecule has 2 aliphatic rings. The van der Waals surface area contributed by atoms with E-state index in [1.54, 1.807) is 11.6 Å². The summed E-state index contributed by atoms with van der Waals surface area (Å²) in [5, 5.41) is 0. The van der Waals surface area contributed by atoms with Crippen molar-refractivity contribution in [1.82, 2.24) is 0 Å². The van der Waals surface area contributed by atoms with Gasteiger partial charge in [-0.15, -0.1) is 0 Å². The van der Waals surface area contributed by atoms with Gasteiger partial charge in [-0.2, -0.15) is 0 Å². The molecule has 0 amide bonds. The second kappa shape index (κ2) is 10.3. The molecule has 0 aliphatic heterocycles. The molecule has 0 aromatic heterocycles. The molecular formula is C25H37F. The average Bonchev–Trinajstić information content (AvgIpc) is 2.70. The average molecular weight is 357 g/mol. The molecule has 0 spiro atoms. The summed E-state index contributed by atoms with van der Waals surface area (Å²) in [7, 11) is 0. The van der Waals surface area contributed by atoms with E-state index in [9.17, 15) is 4.39 Å². The molecule has 0 bridgehead atoms. The Hall–Kier alpha value is -1.11. The van der Waals surface area contributed by atoms with Gasteiger partial charge in [0.1, 0.15) is 0 Å². The second-order valence-corrected chi connectivity index (χ2v) is 8.80. The van der Waals surface area contributed by atoms with Gasteiger partial charge in [0.25, 0.3) is 0 Å². The predicted octanol–water partition coefficient (Wildman–Crippen LogP) is 7.98. The molecule has 0 unspecified atom stereocenters. The fraction of sp³-hybridized carbons (Fsp3) is 0.680. The van der Waals surface area contributed by atoms with E-state index >= 15 is 0 Å². The van der Waals surface area contributed by atoms with Crippen LogP contribution in [0.2, 0.25) is 0 Å². The lowest BCUT2D eigenvalue weighted by molar-refractivity contribution is 0.171. The van der Waals surface area contributed by atoms with Gasteiger partial charge < -0.3 is 0 Å². The maximum absolute atomic E-state index is 12.4. The number of benzene rings is 1. The van der Waals surface area contributed by atoms with Gasteiger partial charge in [0, 0.05) is 0 Å². The highest BCUT2D eigenvalue weighted by Gasteiger charge is 2.30. The van der Waals surface area contributed by atoms with Gasteiger partial charge in [-0.1, -0.05) is 50.1 Å². The number of halogens is 1. The Morgan fingerprint density at radius 2 is 1.46 bits per heavy atom. The molecule has 0 saturated heterocycles. The minimum absolute atomic E-state index is 0.503. The highest BCUT2D eigenvalue weighted by atomic mass is 19.1. The number of unbranched alkanes of at least 4 members (excludes halogenated alkanes) is 2. The Morgan fingerprint density at radius 3 is 2.04 bits per heavy atom. The van der Waals surface area contributed by atoms with Crippen LogP contribution < -0.4 is 0 Å². The zero-order chi connectivity index (χ0) is 18.2. The number of aryl methyl sites for hydroxylation is 1. The van der Waals surface area contributed by atoms with Crippen molar-refractivity contribution >= 4 is 0 Å². The Kier molecular flexibility index (Phi) is 7.77. The first-order chi connectivity index (χ1) is 12.8. The third-order valence-corrected chi connectivity index (χ3v) is 7.12. The van der Waals surface area contributed by atoms with Gasteiger partial charge >= 0.3 is 0 Å². The molecule has 0 N–H and O–H groups in total. The summed E-state index contributed by atoms with van der Waals surface area (Å²) in [5.41, 5.74) is 3.08. The van der Waals surface area contributed by atoms with Crippen LogP contribution in [0.5, 0.6) is 0 Å². The zero-order valence-corrected chi connectivity index (χ0v) is 16.6. The third kappa shape index (κ3) is 5.44. The first-order valence-electron chi connectivity index (χ1n) is 11.2. The number of allylic oxidation sites excluding steroid dienone is 1. The zero-order valence-electron chi connectivity index (χ0n) is 16.6. The normalized spacial score (nSPS) is 29.9. The molecule has 1 aromatic rings. The third-order valence-electron chi connectivity index (χ3n) is 7.12. The minimum Gasteiger partial charge on any atom is -0.216 e. The quantitative estimate of drug-likeness (QED) is 0.434. The summed E-state index contributed by atoms with van der Waals surface area (Å²) in [6.07, 6.45) is 18.3. The van der Waals surface area contributed by atoms with Crippen molar-refractivity contribution < 1.29 is 4.39 Å². The van der Waals surface area contributed by atoms with E-state index in [0.29, 0.717) is 5.92 Å². The van der Waals surface area contributed by atoms with Gasteiger partial charge in [-0.05, 0) is 99.0 Å². The fourth-order valence-corrected chi connectivity index (χ4v) is 5.37. The number of hydrogen-bond acceptors (Lipinski definition) is 0. The van der Waals surface area contributed by atoms with Crippen molar-refractivity contribution in [2.75, 3.05) is 0 Å². The Labute approximate surface area is 160 Å². The Morgan fingerprint density at radius 1 is 0.846 bits per heavy atom. The molecule has 0 heterocycles. The van der Waals surface area contributed by atoms with Crippen LogP contribution >= 0.6 is 0 Å². The standard InChI is InChI=1S/C25H37F/c1-2-3-4-5-20-6-10-22(11-7-20)24-14-16-25(17-15-24)23-12-8-21(9-13-23)18-19-26/h6-7,10-11,18-19,21,23-25H,2-5,8-9,12-17H2,1H3/t21-,23-,24-,25-. The molecule has 26 heavy (non-hydrogen) atoms. The molecule has 144 valence electrons. The smallest absolute Gasteiger partial charge is 0.0829 e. The largest absolute Gasteiger partial charge is 0.216 e. The summed E-state index contributed by atoms with van der Waals surface area (Å²) >= 11 is 0. The lowest BCUT2D eigenvalue weighted by Gasteiger charge is -2.37. The monoisotopic (exact) mass is 356 g/mol. The summed E-state index contributed by atoms with van der Waals surface area (Å²) in [6.45, 7) is 2.27. The fourth-order valence-electron chi connectivity index (χ4n) is 5.37. The van der Waals surface area contributed by atoms with Crippen molar-refractivity contribution in [3.05, 3.63) is 47.8 Å². The maximum Gasteiger partial charge on any atom is 0.0829 e. The van der Waals surface area contributed by atoms with Crippen molar-refractivity contribution in [2.45, 2.75) is 89.9 Å². The lowest BCUT2D eigenvalue weighted by atomic mass is 9.68. The number of rotatable bonds is 7. The van der Waals surface area contributed by atoms with Gasteiger partial charge in [0.05, 0.1) is 6.33 Å². The van der Waals surface area contributed by atoms with E-state index in [-0.39, 0.29) is 0 Å². The van der Waals surface area contributed by atoms with E-state index in [0.717, 1.165) is 24.1 Å². The van der Waals surface area contributed by atoms with Crippen LogP contribution in [0.3, 0.4) is 0 Å². The topological polar surface area (TPSA) is 0 Å². The summed E-state index contributed by atoms with van der Waals surface area (Å²) in [5.74, 6) is 3.11. The van der Waals surface area contributed by atoms with Crippen LogP contribution in [0.1, 0.15) is 94.6 Å². The molecule has 2 saturated carbocycles. The highest BCUT2D eigenvalue weighted by molar-refractivity contribution is 5.26. The van der Waals surface area contributed by atoms with Crippen molar-refractivity contribution in [3.63, 3.8) is 0 Å². The lowest BCUT2D eigenvalue weighted by Crippen LogP contribution is -2.25. The Balaban J connectivity index is 1.43. The van der Waals surface area contributed by atoms with Crippen LogP contribution in [0.25, 0.3) is 0 Å². The van der Waals surface area contributed by atoms with Crippen LogP contribution in [0.15, 0.2) is 36.7 Å². The summed E-state index contributed by atoms with van der Waals surface area (Å²) < 4.78 is 12.4. The first-order valence-corrected chi connectivity index (χ1v) is 11.2. The molecule has 0 radical (unpaired) electrons. The van der Waals surface area contributed by atoms with Crippen molar-refractivity contribution in [3.8, 4) is 0 Å². The van der Waals surface area contributed by atoms with Crippen LogP contribution in [-0.4, -0.2) is 0 Å². The van der Waals surface area contributed by atoms with E-state index in [1.165, 1.54) is 82.6 Å². The predicted molar refractivity (Wildman–Crippen MR) is 110 cm³/mol. The van der Waals surface area contributed by atoms with Gasteiger partial charge in [0.15, 0.2) is 0 Å². The molecule has 3 rings (SSSR count). The van der Waals surface area contributed by atoms with E-state index in [1.807, 2.05) is 0 Å². The molecule has 1 heteroatoms. The molecule has 1 aromatic carbocycles. The van der Waals surface area contributed by atoms with E-state index in [4.69, 9.17) is 0 Å². The van der Waals surface area contributed by atoms with E-state index < -0.39 is 0 Å². The number of hydrogen-bond donors (Lipinski definition) is 0. The van der Waals surface area contributed by atoms with Crippen LogP contribution in [0.4, 0.5) is 4.39 Å². The van der Waals surface area contributed by atoms with Gasteiger partial charge in [-0.25, -0.2) is 4.39 Å². The maximum atomic E-state index is 12.4. The second-order valence-electron chi connectivity index (χ2n) is 8.80. The van der Waals surface area contributed by atoms with E-state index in [2.05, 4.69) is 31.2 Å². The minimum atomic E-state index is 0.503. The van der Waals surface area contributed by atoms with Crippen molar-refractivity contribution in [2.24, 2.45) is 17.8 Å². The molecule has 2 fully saturated rings. The molecule has 0 nitrogen and oxygen atoms in total. The molecule has 2 aliphatic carbocycles. The van der Waals surface area contributed by atoms with Gasteiger partial charge in [-0.3, -0.25) is 0 Å². The van der Waals surface area contributed by atoms with Crippen molar-refractivity contribution in [1.29, 1.82) is 0 Å². The SMILES string of the molecule is CCCCCc1ccc([C@H]2CC[C@H]([C@H]3CC[C@H](C=CF)CC3)CC2)cc1. The Bertz CT molecular complexity index is 528. The highest BCUT2D eigenvalue weighted by Crippen LogP contribution is 2.44. The van der Waals surface area contributed by atoms with Gasteiger partial charge in [0.2, 0.25) is 0 Å².